The minimum atomic E-state index is -0.318. The van der Waals surface area contributed by atoms with Crippen LogP contribution in [0.3, 0.4) is 0 Å². The molecule has 5 nitrogen and oxygen atoms in total. The summed E-state index contributed by atoms with van der Waals surface area (Å²) in [4.78, 5) is 22.3. The van der Waals surface area contributed by atoms with Gasteiger partial charge in [0.15, 0.2) is 0 Å². The van der Waals surface area contributed by atoms with Crippen LogP contribution in [0.5, 0.6) is 0 Å². The molecule has 0 bridgehead atoms. The first kappa shape index (κ1) is 14.0. The van der Waals surface area contributed by atoms with Crippen molar-refractivity contribution in [2.75, 3.05) is 13.1 Å². The Morgan fingerprint density at radius 2 is 2.24 bits per heavy atom. The fourth-order valence-electron chi connectivity index (χ4n) is 2.16. The quantitative estimate of drug-likeness (QED) is 0.579. The van der Waals surface area contributed by atoms with Crippen LogP contribution in [-0.2, 0) is 9.59 Å². The SMILES string of the molecule is CCC1CCNC(C(=O)NCCCC(N)=O)C1. The van der Waals surface area contributed by atoms with Crippen molar-refractivity contribution in [2.45, 2.75) is 45.1 Å². The smallest absolute Gasteiger partial charge is 0.237 e. The average Bonchev–Trinajstić information content (AvgIpc) is 2.34. The molecule has 1 fully saturated rings. The molecule has 2 atom stereocenters. The van der Waals surface area contributed by atoms with Crippen molar-refractivity contribution >= 4 is 11.8 Å². The van der Waals surface area contributed by atoms with Crippen LogP contribution in [0.15, 0.2) is 0 Å². The number of rotatable bonds is 6. The highest BCUT2D eigenvalue weighted by Crippen LogP contribution is 2.19. The van der Waals surface area contributed by atoms with E-state index < -0.39 is 0 Å². The van der Waals surface area contributed by atoms with Gasteiger partial charge in [-0.3, -0.25) is 9.59 Å². The van der Waals surface area contributed by atoms with Gasteiger partial charge in [-0.2, -0.15) is 0 Å². The fraction of sp³-hybridized carbons (Fsp3) is 0.833. The lowest BCUT2D eigenvalue weighted by atomic mass is 9.90. The van der Waals surface area contributed by atoms with E-state index >= 15 is 0 Å². The zero-order chi connectivity index (χ0) is 12.7. The predicted octanol–water partition coefficient (Wildman–Crippen LogP) is 0.146. The molecule has 0 aromatic heterocycles. The summed E-state index contributed by atoms with van der Waals surface area (Å²) in [5, 5.41) is 6.07. The number of amides is 2. The molecule has 1 saturated heterocycles. The highest BCUT2D eigenvalue weighted by Gasteiger charge is 2.25. The van der Waals surface area contributed by atoms with E-state index in [1.54, 1.807) is 0 Å². The van der Waals surface area contributed by atoms with Crippen LogP contribution in [0.1, 0.15) is 39.0 Å². The van der Waals surface area contributed by atoms with Crippen LogP contribution in [0, 0.1) is 5.92 Å². The largest absolute Gasteiger partial charge is 0.370 e. The van der Waals surface area contributed by atoms with Gasteiger partial charge in [0, 0.05) is 13.0 Å². The van der Waals surface area contributed by atoms with Crippen LogP contribution in [0.4, 0.5) is 0 Å². The summed E-state index contributed by atoms with van der Waals surface area (Å²) in [5.41, 5.74) is 5.02. The van der Waals surface area contributed by atoms with Crippen LogP contribution in [0.2, 0.25) is 0 Å². The molecule has 0 radical (unpaired) electrons. The van der Waals surface area contributed by atoms with Gasteiger partial charge in [0.25, 0.3) is 0 Å². The van der Waals surface area contributed by atoms with E-state index in [0.29, 0.717) is 25.3 Å². The average molecular weight is 241 g/mol. The first-order chi connectivity index (χ1) is 8.13. The van der Waals surface area contributed by atoms with Crippen molar-refractivity contribution in [3.05, 3.63) is 0 Å². The van der Waals surface area contributed by atoms with Gasteiger partial charge in [0.2, 0.25) is 11.8 Å². The Hall–Kier alpha value is -1.10. The zero-order valence-electron chi connectivity index (χ0n) is 10.5. The van der Waals surface area contributed by atoms with Crippen LogP contribution in [-0.4, -0.2) is 30.9 Å². The van der Waals surface area contributed by atoms with E-state index in [2.05, 4.69) is 17.6 Å². The summed E-state index contributed by atoms with van der Waals surface area (Å²) in [5.74, 6) is 0.381. The van der Waals surface area contributed by atoms with Gasteiger partial charge >= 0.3 is 0 Å². The summed E-state index contributed by atoms with van der Waals surface area (Å²) < 4.78 is 0. The van der Waals surface area contributed by atoms with E-state index in [4.69, 9.17) is 5.73 Å². The molecule has 0 saturated carbocycles. The van der Waals surface area contributed by atoms with Crippen molar-refractivity contribution in [1.29, 1.82) is 0 Å². The standard InChI is InChI=1S/C12H23N3O2/c1-2-9-5-7-14-10(8-9)12(17)15-6-3-4-11(13)16/h9-10,14H,2-8H2,1H3,(H2,13,16)(H,15,17). The van der Waals surface area contributed by atoms with Crippen molar-refractivity contribution in [3.63, 3.8) is 0 Å². The van der Waals surface area contributed by atoms with Gasteiger partial charge < -0.3 is 16.4 Å². The Kier molecular flexibility index (Phi) is 5.97. The van der Waals surface area contributed by atoms with Crippen molar-refractivity contribution in [1.82, 2.24) is 10.6 Å². The second-order valence-electron chi connectivity index (χ2n) is 4.67. The molecular formula is C12H23N3O2. The highest BCUT2D eigenvalue weighted by molar-refractivity contribution is 5.81. The normalized spacial score (nSPS) is 24.3. The molecule has 4 N–H and O–H groups in total. The van der Waals surface area contributed by atoms with Crippen molar-refractivity contribution in [2.24, 2.45) is 11.7 Å². The number of nitrogens with one attached hydrogen (secondary N) is 2. The molecule has 1 aliphatic heterocycles. The summed E-state index contributed by atoms with van der Waals surface area (Å²) in [6.07, 6.45) is 4.15. The molecule has 0 spiro atoms. The number of piperidine rings is 1. The molecule has 5 heteroatoms. The van der Waals surface area contributed by atoms with Gasteiger partial charge in [-0.1, -0.05) is 13.3 Å². The molecule has 1 aliphatic rings. The molecule has 98 valence electrons. The van der Waals surface area contributed by atoms with Crippen molar-refractivity contribution < 1.29 is 9.59 Å². The van der Waals surface area contributed by atoms with E-state index in [1.807, 2.05) is 0 Å². The molecule has 0 aromatic rings. The van der Waals surface area contributed by atoms with E-state index in [9.17, 15) is 9.59 Å². The third-order valence-corrected chi connectivity index (χ3v) is 3.31. The molecule has 1 heterocycles. The number of hydrogen-bond acceptors (Lipinski definition) is 3. The minimum Gasteiger partial charge on any atom is -0.370 e. The maximum Gasteiger partial charge on any atom is 0.237 e. The lowest BCUT2D eigenvalue weighted by Gasteiger charge is -2.28. The summed E-state index contributed by atoms with van der Waals surface area (Å²) in [6.45, 7) is 3.60. The molecular weight excluding hydrogens is 218 g/mol. The van der Waals surface area contributed by atoms with Gasteiger partial charge in [-0.25, -0.2) is 0 Å². The monoisotopic (exact) mass is 241 g/mol. The summed E-state index contributed by atoms with van der Waals surface area (Å²) in [6, 6.07) is -0.0673. The lowest BCUT2D eigenvalue weighted by Crippen LogP contribution is -2.48. The number of carbonyl (C=O) groups excluding carboxylic acids is 2. The second kappa shape index (κ2) is 7.27. The molecule has 2 amide bonds. The Labute approximate surface area is 103 Å². The zero-order valence-corrected chi connectivity index (χ0v) is 10.5. The topological polar surface area (TPSA) is 84.2 Å². The molecule has 1 rings (SSSR count). The number of carbonyl (C=O) groups is 2. The van der Waals surface area contributed by atoms with Gasteiger partial charge in [-0.05, 0) is 31.7 Å². The predicted molar refractivity (Wildman–Crippen MR) is 66.2 cm³/mol. The van der Waals surface area contributed by atoms with Crippen LogP contribution < -0.4 is 16.4 Å². The lowest BCUT2D eigenvalue weighted by molar-refractivity contribution is -0.124. The fourth-order valence-corrected chi connectivity index (χ4v) is 2.16. The Balaban J connectivity index is 2.20. The molecule has 17 heavy (non-hydrogen) atoms. The first-order valence-corrected chi connectivity index (χ1v) is 6.43. The minimum absolute atomic E-state index is 0.0487. The first-order valence-electron chi connectivity index (χ1n) is 6.43. The maximum absolute atomic E-state index is 11.8. The van der Waals surface area contributed by atoms with E-state index in [1.165, 1.54) is 0 Å². The Morgan fingerprint density at radius 3 is 2.88 bits per heavy atom. The van der Waals surface area contributed by atoms with Crippen LogP contribution >= 0.6 is 0 Å². The Bertz CT molecular complexity index is 268. The molecule has 2 unspecified atom stereocenters. The summed E-state index contributed by atoms with van der Waals surface area (Å²) >= 11 is 0. The van der Waals surface area contributed by atoms with Gasteiger partial charge in [-0.15, -0.1) is 0 Å². The number of primary amides is 1. The van der Waals surface area contributed by atoms with E-state index in [-0.39, 0.29) is 17.9 Å². The third-order valence-electron chi connectivity index (χ3n) is 3.31. The second-order valence-corrected chi connectivity index (χ2v) is 4.67. The molecule has 0 aromatic carbocycles. The van der Waals surface area contributed by atoms with Gasteiger partial charge in [0.1, 0.15) is 0 Å². The van der Waals surface area contributed by atoms with Crippen molar-refractivity contribution in [3.8, 4) is 0 Å². The molecule has 0 aliphatic carbocycles. The van der Waals surface area contributed by atoms with Gasteiger partial charge in [0.05, 0.1) is 6.04 Å². The Morgan fingerprint density at radius 1 is 1.47 bits per heavy atom. The number of nitrogens with two attached hydrogens (primary N) is 1. The van der Waals surface area contributed by atoms with E-state index in [0.717, 1.165) is 25.8 Å². The summed E-state index contributed by atoms with van der Waals surface area (Å²) in [7, 11) is 0. The third kappa shape index (κ3) is 5.17. The highest BCUT2D eigenvalue weighted by atomic mass is 16.2. The van der Waals surface area contributed by atoms with Crippen LogP contribution in [0.25, 0.3) is 0 Å². The number of hydrogen-bond donors (Lipinski definition) is 3. The maximum atomic E-state index is 11.8.